The molecule has 2 atom stereocenters. The van der Waals surface area contributed by atoms with Crippen LogP contribution in [0.5, 0.6) is 0 Å². The average molecular weight is 397 g/mol. The number of hydrogen-bond donors (Lipinski definition) is 1. The number of pyridine rings is 1. The number of aromatic nitrogens is 3. The second-order valence-electron chi connectivity index (χ2n) is 8.56. The summed E-state index contributed by atoms with van der Waals surface area (Å²) in [4.78, 5) is 32.9. The van der Waals surface area contributed by atoms with E-state index in [1.165, 1.54) is 0 Å². The van der Waals surface area contributed by atoms with Gasteiger partial charge in [-0.1, -0.05) is 0 Å². The van der Waals surface area contributed by atoms with Crippen LogP contribution in [0.15, 0.2) is 36.9 Å². The monoisotopic (exact) mass is 397 g/mol. The Bertz CT molecular complexity index is 897. The Morgan fingerprint density at radius 3 is 2.59 bits per heavy atom. The van der Waals surface area contributed by atoms with Crippen molar-refractivity contribution in [1.82, 2.24) is 24.6 Å². The minimum atomic E-state index is -0.887. The second kappa shape index (κ2) is 7.59. The van der Waals surface area contributed by atoms with E-state index in [9.17, 15) is 14.7 Å². The summed E-state index contributed by atoms with van der Waals surface area (Å²) < 4.78 is 1.92. The van der Waals surface area contributed by atoms with Crippen LogP contribution in [0.2, 0.25) is 0 Å². The number of likely N-dealkylation sites (tertiary alicyclic amines) is 2. The van der Waals surface area contributed by atoms with Gasteiger partial charge in [-0.15, -0.1) is 0 Å². The van der Waals surface area contributed by atoms with Crippen molar-refractivity contribution in [1.29, 1.82) is 0 Å². The fourth-order valence-corrected chi connectivity index (χ4v) is 4.57. The van der Waals surface area contributed by atoms with E-state index in [2.05, 4.69) is 28.8 Å². The van der Waals surface area contributed by atoms with E-state index < -0.39 is 11.4 Å². The molecule has 0 aromatic carbocycles. The molecule has 8 nitrogen and oxygen atoms in total. The maximum absolute atomic E-state index is 12.7. The number of aliphatic carboxylic acids is 1. The van der Waals surface area contributed by atoms with Crippen LogP contribution < -0.4 is 0 Å². The molecule has 0 radical (unpaired) electrons. The van der Waals surface area contributed by atoms with Crippen molar-refractivity contribution in [3.05, 3.63) is 48.0 Å². The fourth-order valence-electron chi connectivity index (χ4n) is 4.57. The van der Waals surface area contributed by atoms with Crippen LogP contribution in [-0.4, -0.2) is 67.7 Å². The van der Waals surface area contributed by atoms with Crippen molar-refractivity contribution >= 4 is 11.9 Å². The highest BCUT2D eigenvalue weighted by atomic mass is 16.4. The van der Waals surface area contributed by atoms with E-state index in [0.29, 0.717) is 32.2 Å². The lowest BCUT2D eigenvalue weighted by Crippen LogP contribution is -2.42. The number of carbonyl (C=O) groups is 2. The minimum Gasteiger partial charge on any atom is -0.481 e. The van der Waals surface area contributed by atoms with Crippen LogP contribution in [0, 0.1) is 11.3 Å². The van der Waals surface area contributed by atoms with Gasteiger partial charge in [0.05, 0.1) is 12.6 Å². The van der Waals surface area contributed by atoms with Crippen LogP contribution in [0.3, 0.4) is 0 Å². The number of nitrogens with zero attached hydrogens (tertiary/aromatic N) is 5. The van der Waals surface area contributed by atoms with E-state index in [0.717, 1.165) is 11.1 Å². The van der Waals surface area contributed by atoms with Crippen molar-refractivity contribution in [3.8, 4) is 0 Å². The zero-order chi connectivity index (χ0) is 20.6. The summed E-state index contributed by atoms with van der Waals surface area (Å²) in [5.41, 5.74) is 1.10. The molecule has 0 spiro atoms. The van der Waals surface area contributed by atoms with Gasteiger partial charge in [0.2, 0.25) is 5.91 Å². The molecule has 1 N–H and O–H groups in total. The maximum atomic E-state index is 12.7. The fraction of sp³-hybridized carbons (Fsp3) is 0.524. The topological polar surface area (TPSA) is 91.6 Å². The molecular weight excluding hydrogens is 370 g/mol. The summed E-state index contributed by atoms with van der Waals surface area (Å²) in [5, 5.41) is 14.4. The van der Waals surface area contributed by atoms with Gasteiger partial charge in [0.15, 0.2) is 0 Å². The molecule has 0 aliphatic carbocycles. The lowest BCUT2D eigenvalue weighted by molar-refractivity contribution is -0.149. The number of carboxylic acids is 1. The van der Waals surface area contributed by atoms with Gasteiger partial charge in [-0.05, 0) is 31.5 Å². The SMILES string of the molecule is CC(C)n1cc(CN2C[C@H]3CN(C(=O)Cc4ccncc4)C[C@@]3(C(=O)O)C2)cn1. The predicted molar refractivity (Wildman–Crippen MR) is 106 cm³/mol. The highest BCUT2D eigenvalue weighted by Gasteiger charge is 2.58. The van der Waals surface area contributed by atoms with Crippen LogP contribution in [0.25, 0.3) is 0 Å². The van der Waals surface area contributed by atoms with Crippen molar-refractivity contribution in [2.45, 2.75) is 32.9 Å². The van der Waals surface area contributed by atoms with Gasteiger partial charge in [-0.2, -0.15) is 5.10 Å². The lowest BCUT2D eigenvalue weighted by Gasteiger charge is -2.25. The highest BCUT2D eigenvalue weighted by molar-refractivity contribution is 5.83. The van der Waals surface area contributed by atoms with Gasteiger partial charge in [0.1, 0.15) is 5.41 Å². The first-order valence-corrected chi connectivity index (χ1v) is 10.0. The second-order valence-corrected chi connectivity index (χ2v) is 8.56. The first-order valence-electron chi connectivity index (χ1n) is 10.0. The van der Waals surface area contributed by atoms with Crippen LogP contribution in [0.4, 0.5) is 0 Å². The van der Waals surface area contributed by atoms with Crippen molar-refractivity contribution in [2.75, 3.05) is 26.2 Å². The molecule has 2 fully saturated rings. The lowest BCUT2D eigenvalue weighted by atomic mass is 9.81. The summed E-state index contributed by atoms with van der Waals surface area (Å²) in [6.07, 6.45) is 7.49. The predicted octanol–water partition coefficient (Wildman–Crippen LogP) is 1.45. The molecule has 2 aliphatic rings. The average Bonchev–Trinajstić information content (AvgIpc) is 3.36. The molecule has 1 amide bonds. The number of rotatable bonds is 6. The molecule has 8 heteroatoms. The number of carboxylic acid groups (broad SMARTS) is 1. The Morgan fingerprint density at radius 2 is 1.97 bits per heavy atom. The Labute approximate surface area is 170 Å². The third-order valence-corrected chi connectivity index (χ3v) is 6.15. The normalized spacial score (nSPS) is 24.2. The molecule has 0 unspecified atom stereocenters. The summed E-state index contributed by atoms with van der Waals surface area (Å²) >= 11 is 0. The third kappa shape index (κ3) is 3.76. The first kappa shape index (κ1) is 19.6. The minimum absolute atomic E-state index is 0.0176. The summed E-state index contributed by atoms with van der Waals surface area (Å²) in [6.45, 7) is 6.75. The Morgan fingerprint density at radius 1 is 1.21 bits per heavy atom. The van der Waals surface area contributed by atoms with Crippen molar-refractivity contribution in [3.63, 3.8) is 0 Å². The van der Waals surface area contributed by atoms with Gasteiger partial charge in [-0.25, -0.2) is 0 Å². The zero-order valence-corrected chi connectivity index (χ0v) is 16.9. The number of hydrogen-bond acceptors (Lipinski definition) is 5. The quantitative estimate of drug-likeness (QED) is 0.793. The summed E-state index contributed by atoms with van der Waals surface area (Å²) in [5.74, 6) is -0.875. The molecule has 4 heterocycles. The standard InChI is InChI=1S/C21H27N5O3/c1-15(2)26-10-17(8-23-26)9-24-11-18-12-25(14-21(18,13-24)20(28)29)19(27)7-16-3-5-22-6-4-16/h3-6,8,10,15,18H,7,9,11-14H2,1-2H3,(H,28,29)/t18-,21-/m0/s1. The third-order valence-electron chi connectivity index (χ3n) is 6.15. The van der Waals surface area contributed by atoms with Gasteiger partial charge >= 0.3 is 5.97 Å². The van der Waals surface area contributed by atoms with Gasteiger partial charge in [-0.3, -0.25) is 24.2 Å². The largest absolute Gasteiger partial charge is 0.481 e. The van der Waals surface area contributed by atoms with Gasteiger partial charge < -0.3 is 10.0 Å². The van der Waals surface area contributed by atoms with Crippen LogP contribution >= 0.6 is 0 Å². The number of fused-ring (bicyclic) bond motifs is 1. The molecular formula is C21H27N5O3. The Balaban J connectivity index is 1.42. The van der Waals surface area contributed by atoms with E-state index in [1.807, 2.05) is 29.2 Å². The molecule has 0 bridgehead atoms. The van der Waals surface area contributed by atoms with E-state index in [1.54, 1.807) is 17.3 Å². The number of amides is 1. The van der Waals surface area contributed by atoms with E-state index in [-0.39, 0.29) is 24.8 Å². The van der Waals surface area contributed by atoms with Crippen LogP contribution in [0.1, 0.15) is 31.0 Å². The number of carbonyl (C=O) groups excluding carboxylic acids is 1. The van der Waals surface area contributed by atoms with Gasteiger partial charge in [0.25, 0.3) is 0 Å². The Hall–Kier alpha value is -2.74. The van der Waals surface area contributed by atoms with Crippen molar-refractivity contribution < 1.29 is 14.7 Å². The molecule has 2 saturated heterocycles. The molecule has 2 aromatic heterocycles. The smallest absolute Gasteiger partial charge is 0.313 e. The molecule has 29 heavy (non-hydrogen) atoms. The molecule has 2 aromatic rings. The summed E-state index contributed by atoms with van der Waals surface area (Å²) in [7, 11) is 0. The molecule has 0 saturated carbocycles. The van der Waals surface area contributed by atoms with Crippen LogP contribution in [-0.2, 0) is 22.6 Å². The van der Waals surface area contributed by atoms with E-state index >= 15 is 0 Å². The Kier molecular flexibility index (Phi) is 5.12. The highest BCUT2D eigenvalue weighted by Crippen LogP contribution is 2.43. The molecule has 154 valence electrons. The first-order chi connectivity index (χ1) is 13.9. The zero-order valence-electron chi connectivity index (χ0n) is 16.9. The maximum Gasteiger partial charge on any atom is 0.313 e. The van der Waals surface area contributed by atoms with Gasteiger partial charge in [0, 0.05) is 68.8 Å². The van der Waals surface area contributed by atoms with E-state index in [4.69, 9.17) is 0 Å². The molecule has 4 rings (SSSR count). The molecule has 2 aliphatic heterocycles. The van der Waals surface area contributed by atoms with Crippen molar-refractivity contribution in [2.24, 2.45) is 11.3 Å². The summed E-state index contributed by atoms with van der Waals surface area (Å²) in [6, 6.07) is 3.94.